The number of hydrogen-bond donors (Lipinski definition) is 3. The van der Waals surface area contributed by atoms with Crippen LogP contribution in [0.4, 0.5) is 5.69 Å². The number of ether oxygens (including phenoxy) is 1. The summed E-state index contributed by atoms with van der Waals surface area (Å²) >= 11 is 6.03. The Morgan fingerprint density at radius 2 is 2.00 bits per heavy atom. The van der Waals surface area contributed by atoms with E-state index in [2.05, 4.69) is 19.2 Å². The van der Waals surface area contributed by atoms with Crippen LogP contribution in [0, 0.1) is 11.3 Å². The predicted octanol–water partition coefficient (Wildman–Crippen LogP) is 4.73. The highest BCUT2D eigenvalue weighted by Crippen LogP contribution is 2.39. The van der Waals surface area contributed by atoms with Crippen LogP contribution in [-0.4, -0.2) is 17.7 Å². The number of nitrogens with one attached hydrogen (secondary N) is 2. The lowest BCUT2D eigenvalue weighted by Gasteiger charge is -2.16. The molecule has 0 bridgehead atoms. The summed E-state index contributed by atoms with van der Waals surface area (Å²) in [5, 5.41) is 10.5. The molecule has 1 heterocycles. The number of hydrogen-bond acceptors (Lipinski definition) is 4. The Balaban J connectivity index is 2.04. The monoisotopic (exact) mass is 377 g/mol. The minimum atomic E-state index is -0.500. The van der Waals surface area contributed by atoms with Crippen LogP contribution in [0.5, 0.6) is 0 Å². The zero-order valence-corrected chi connectivity index (χ0v) is 16.4. The van der Waals surface area contributed by atoms with Gasteiger partial charge in [-0.2, -0.15) is 0 Å². The first kappa shape index (κ1) is 20.5. The first-order valence-corrected chi connectivity index (χ1v) is 9.54. The molecule has 0 spiro atoms. The number of anilines is 1. The molecule has 0 saturated carbocycles. The van der Waals surface area contributed by atoms with E-state index in [1.54, 1.807) is 0 Å². The zero-order chi connectivity index (χ0) is 19.3. The number of allylic oxidation sites excluding steroid dienone is 1. The van der Waals surface area contributed by atoms with Gasteiger partial charge in [-0.1, -0.05) is 50.9 Å². The molecule has 26 heavy (non-hydrogen) atoms. The Kier molecular flexibility index (Phi) is 7.23. The first-order chi connectivity index (χ1) is 12.4. The summed E-state index contributed by atoms with van der Waals surface area (Å²) in [6.45, 7) is 6.28. The fraction of sp³-hybridized carbons (Fsp3) is 0.500. The second-order valence-electron chi connectivity index (χ2n) is 6.83. The Bertz CT molecular complexity index is 685. The smallest absolute Gasteiger partial charge is 0.273 e. The van der Waals surface area contributed by atoms with Gasteiger partial charge in [0.15, 0.2) is 0 Å². The lowest BCUT2D eigenvalue weighted by Crippen LogP contribution is -2.23. The quantitative estimate of drug-likeness (QED) is 0.474. The summed E-state index contributed by atoms with van der Waals surface area (Å²) in [5.41, 5.74) is 7.58. The number of carbonyl (C=O) groups excluding carboxylic acids is 1. The number of benzene rings is 1. The lowest BCUT2D eigenvalue weighted by atomic mass is 9.95. The summed E-state index contributed by atoms with van der Waals surface area (Å²) in [6.07, 6.45) is 3.77. The van der Waals surface area contributed by atoms with Crippen molar-refractivity contribution in [3.05, 3.63) is 40.6 Å². The molecule has 142 valence electrons. The van der Waals surface area contributed by atoms with E-state index in [1.165, 1.54) is 0 Å². The summed E-state index contributed by atoms with van der Waals surface area (Å²) in [6, 6.07) is 7.60. The van der Waals surface area contributed by atoms with Crippen molar-refractivity contribution in [2.24, 2.45) is 11.7 Å². The highest BCUT2D eigenvalue weighted by Gasteiger charge is 2.32. The number of nitrogens with two attached hydrogens (primary N) is 1. The van der Waals surface area contributed by atoms with E-state index >= 15 is 0 Å². The van der Waals surface area contributed by atoms with Gasteiger partial charge >= 0.3 is 0 Å². The van der Waals surface area contributed by atoms with E-state index in [4.69, 9.17) is 27.5 Å². The van der Waals surface area contributed by atoms with Gasteiger partial charge in [0.1, 0.15) is 5.70 Å². The molecule has 1 aliphatic heterocycles. The van der Waals surface area contributed by atoms with E-state index in [0.29, 0.717) is 24.1 Å². The van der Waals surface area contributed by atoms with Crippen molar-refractivity contribution in [3.63, 3.8) is 0 Å². The van der Waals surface area contributed by atoms with Crippen LogP contribution in [0.3, 0.4) is 0 Å². The van der Waals surface area contributed by atoms with Gasteiger partial charge < -0.3 is 21.2 Å². The topological polar surface area (TPSA) is 88.2 Å². The molecule has 1 aromatic rings. The molecule has 1 fully saturated rings. The Labute approximate surface area is 160 Å². The van der Waals surface area contributed by atoms with Crippen LogP contribution in [0.1, 0.15) is 58.1 Å². The van der Waals surface area contributed by atoms with Crippen molar-refractivity contribution in [1.29, 1.82) is 5.41 Å². The summed E-state index contributed by atoms with van der Waals surface area (Å²) < 4.78 is 6.09. The largest absolute Gasteiger partial charge is 0.393 e. The molecule has 6 heteroatoms. The minimum absolute atomic E-state index is 0.0137. The predicted molar refractivity (Wildman–Crippen MR) is 106 cm³/mol. The van der Waals surface area contributed by atoms with Gasteiger partial charge in [-0.15, -0.1) is 0 Å². The molecule has 1 saturated heterocycles. The van der Waals surface area contributed by atoms with Gasteiger partial charge in [0.25, 0.3) is 5.91 Å². The third-order valence-corrected chi connectivity index (χ3v) is 5.12. The van der Waals surface area contributed by atoms with Crippen molar-refractivity contribution >= 4 is 28.9 Å². The van der Waals surface area contributed by atoms with Gasteiger partial charge in [0.2, 0.25) is 0 Å². The van der Waals surface area contributed by atoms with Crippen LogP contribution >= 0.6 is 11.6 Å². The van der Waals surface area contributed by atoms with Crippen molar-refractivity contribution in [2.75, 3.05) is 5.32 Å². The molecule has 5 nitrogen and oxygen atoms in total. The van der Waals surface area contributed by atoms with Gasteiger partial charge in [-0.05, 0) is 42.9 Å². The average molecular weight is 378 g/mol. The van der Waals surface area contributed by atoms with E-state index < -0.39 is 5.91 Å². The molecule has 0 aromatic heterocycles. The van der Waals surface area contributed by atoms with Crippen molar-refractivity contribution in [2.45, 2.75) is 58.7 Å². The fourth-order valence-corrected chi connectivity index (χ4v) is 3.36. The second-order valence-corrected chi connectivity index (χ2v) is 7.21. The maximum absolute atomic E-state index is 12.2. The SMILES string of the molecule is CCCC(=N)/C(Cl)=C(\N)C(=O)Nc1ccc([C@H]2O[C@H](CC)C[C@@H]2C)cc1. The van der Waals surface area contributed by atoms with Crippen LogP contribution in [0.25, 0.3) is 0 Å². The normalized spacial score (nSPS) is 23.5. The summed E-state index contributed by atoms with van der Waals surface area (Å²) in [5.74, 6) is -0.0255. The average Bonchev–Trinajstić information content (AvgIpc) is 3.02. The standard InChI is InChI=1S/C20H28ClN3O2/c1-4-6-16(22)17(21)18(23)20(25)24-14-9-7-13(8-10-14)19-12(3)11-15(5-2)26-19/h7-10,12,15,19,22H,4-6,11,23H2,1-3H3,(H,24,25)/b18-17+,22-16?/t12-,15+,19-/m0/s1. The van der Waals surface area contributed by atoms with Gasteiger partial charge in [0.05, 0.1) is 23.0 Å². The van der Waals surface area contributed by atoms with Gasteiger partial charge in [0, 0.05) is 5.69 Å². The Hall–Kier alpha value is -1.85. The van der Waals surface area contributed by atoms with E-state index in [9.17, 15) is 4.79 Å². The van der Waals surface area contributed by atoms with Crippen molar-refractivity contribution in [1.82, 2.24) is 0 Å². The Morgan fingerprint density at radius 3 is 2.54 bits per heavy atom. The van der Waals surface area contributed by atoms with Crippen molar-refractivity contribution < 1.29 is 9.53 Å². The van der Waals surface area contributed by atoms with E-state index in [0.717, 1.165) is 24.8 Å². The number of rotatable bonds is 7. The first-order valence-electron chi connectivity index (χ1n) is 9.17. The number of carbonyl (C=O) groups is 1. The fourth-order valence-electron chi connectivity index (χ4n) is 3.18. The summed E-state index contributed by atoms with van der Waals surface area (Å²) in [7, 11) is 0. The number of amides is 1. The summed E-state index contributed by atoms with van der Waals surface area (Å²) in [4.78, 5) is 12.2. The third kappa shape index (κ3) is 4.86. The molecule has 1 aliphatic rings. The lowest BCUT2D eigenvalue weighted by molar-refractivity contribution is -0.112. The van der Waals surface area contributed by atoms with Gasteiger partial charge in [-0.3, -0.25) is 4.79 Å². The molecular weight excluding hydrogens is 350 g/mol. The Morgan fingerprint density at radius 1 is 1.35 bits per heavy atom. The molecule has 2 rings (SSSR count). The second kappa shape index (κ2) is 9.19. The van der Waals surface area contributed by atoms with E-state index in [-0.39, 0.29) is 22.5 Å². The molecular formula is C20H28ClN3O2. The zero-order valence-electron chi connectivity index (χ0n) is 15.6. The molecule has 0 aliphatic carbocycles. The minimum Gasteiger partial charge on any atom is -0.393 e. The molecule has 3 atom stereocenters. The van der Waals surface area contributed by atoms with Crippen LogP contribution in [0.15, 0.2) is 35.0 Å². The highest BCUT2D eigenvalue weighted by atomic mass is 35.5. The van der Waals surface area contributed by atoms with Gasteiger partial charge in [-0.25, -0.2) is 0 Å². The van der Waals surface area contributed by atoms with E-state index in [1.807, 2.05) is 31.2 Å². The molecule has 1 aromatic carbocycles. The third-order valence-electron chi connectivity index (χ3n) is 4.69. The number of halogens is 1. The molecule has 0 unspecified atom stereocenters. The molecule has 0 radical (unpaired) electrons. The highest BCUT2D eigenvalue weighted by molar-refractivity contribution is 6.45. The maximum atomic E-state index is 12.2. The van der Waals surface area contributed by atoms with Crippen LogP contribution < -0.4 is 11.1 Å². The van der Waals surface area contributed by atoms with Crippen molar-refractivity contribution in [3.8, 4) is 0 Å². The van der Waals surface area contributed by atoms with Crippen LogP contribution in [-0.2, 0) is 9.53 Å². The molecule has 4 N–H and O–H groups in total. The van der Waals surface area contributed by atoms with Crippen LogP contribution in [0.2, 0.25) is 0 Å². The molecule has 1 amide bonds. The maximum Gasteiger partial charge on any atom is 0.273 e.